The first-order valence-electron chi connectivity index (χ1n) is 9.20. The van der Waals surface area contributed by atoms with Crippen molar-refractivity contribution in [3.8, 4) is 5.75 Å². The number of aromatic nitrogens is 1. The lowest BCUT2D eigenvalue weighted by Gasteiger charge is -2.17. The van der Waals surface area contributed by atoms with Gasteiger partial charge in [-0.15, -0.1) is 0 Å². The molecule has 2 aromatic carbocycles. The number of H-pyrrole nitrogens is 1. The molecule has 6 nitrogen and oxygen atoms in total. The number of ether oxygens (including phenoxy) is 1. The van der Waals surface area contributed by atoms with Crippen LogP contribution in [0.1, 0.15) is 39.7 Å². The molecule has 1 atom stereocenters. The van der Waals surface area contributed by atoms with Crippen LogP contribution in [-0.4, -0.2) is 22.9 Å². The molecular formula is C22H25N3O3. The van der Waals surface area contributed by atoms with Gasteiger partial charge in [0.15, 0.2) is 6.10 Å². The summed E-state index contributed by atoms with van der Waals surface area (Å²) in [5.74, 6) is -0.158. The lowest BCUT2D eigenvalue weighted by molar-refractivity contribution is -0.128. The van der Waals surface area contributed by atoms with Crippen LogP contribution in [0.4, 0.5) is 0 Å². The Kier molecular flexibility index (Phi) is 5.40. The second-order valence-electron chi connectivity index (χ2n) is 7.04. The van der Waals surface area contributed by atoms with Gasteiger partial charge in [0.05, 0.1) is 0 Å². The third-order valence-corrected chi connectivity index (χ3v) is 5.10. The molecule has 0 radical (unpaired) electrons. The summed E-state index contributed by atoms with van der Waals surface area (Å²) in [5.41, 5.74) is 10.6. The first kappa shape index (κ1) is 19.5. The molecule has 6 heteroatoms. The maximum atomic E-state index is 12.4. The van der Waals surface area contributed by atoms with Crippen LogP contribution in [0.25, 0.3) is 10.9 Å². The average Bonchev–Trinajstić information content (AvgIpc) is 2.96. The van der Waals surface area contributed by atoms with Gasteiger partial charge in [-0.3, -0.25) is 20.4 Å². The van der Waals surface area contributed by atoms with Crippen LogP contribution in [0.5, 0.6) is 5.75 Å². The van der Waals surface area contributed by atoms with E-state index in [0.717, 1.165) is 33.3 Å². The van der Waals surface area contributed by atoms with Crippen LogP contribution in [0, 0.1) is 27.7 Å². The predicted molar refractivity (Wildman–Crippen MR) is 109 cm³/mol. The number of benzene rings is 2. The van der Waals surface area contributed by atoms with Gasteiger partial charge in [-0.2, -0.15) is 0 Å². The third kappa shape index (κ3) is 3.86. The number of hydrazine groups is 1. The van der Waals surface area contributed by atoms with Crippen molar-refractivity contribution < 1.29 is 14.3 Å². The van der Waals surface area contributed by atoms with Gasteiger partial charge in [-0.1, -0.05) is 12.1 Å². The molecule has 2 amide bonds. The molecule has 3 aromatic rings. The Morgan fingerprint density at radius 3 is 2.50 bits per heavy atom. The fourth-order valence-electron chi connectivity index (χ4n) is 2.99. The van der Waals surface area contributed by atoms with Gasteiger partial charge in [0.25, 0.3) is 11.8 Å². The number of aryl methyl sites for hydroxylation is 3. The molecule has 0 aliphatic heterocycles. The van der Waals surface area contributed by atoms with Gasteiger partial charge < -0.3 is 9.72 Å². The average molecular weight is 379 g/mol. The van der Waals surface area contributed by atoms with Crippen LogP contribution in [0.15, 0.2) is 36.4 Å². The number of nitrogens with one attached hydrogen (secondary N) is 3. The van der Waals surface area contributed by atoms with E-state index in [1.54, 1.807) is 13.0 Å². The Morgan fingerprint density at radius 2 is 1.75 bits per heavy atom. The number of rotatable bonds is 4. The van der Waals surface area contributed by atoms with Gasteiger partial charge in [0.2, 0.25) is 0 Å². The Labute approximate surface area is 164 Å². The summed E-state index contributed by atoms with van der Waals surface area (Å²) in [7, 11) is 0. The summed E-state index contributed by atoms with van der Waals surface area (Å²) >= 11 is 0. The smallest absolute Gasteiger partial charge is 0.279 e. The molecule has 0 spiro atoms. The number of carbonyl (C=O) groups excluding carboxylic acids is 2. The Bertz CT molecular complexity index is 1050. The normalized spacial score (nSPS) is 11.9. The molecule has 0 aliphatic rings. The van der Waals surface area contributed by atoms with E-state index in [9.17, 15) is 9.59 Å². The van der Waals surface area contributed by atoms with Crippen molar-refractivity contribution in [2.75, 3.05) is 0 Å². The van der Waals surface area contributed by atoms with E-state index >= 15 is 0 Å². The standard InChI is InChI=1S/C22H25N3O3/c1-12-7-6-8-20(13(12)2)28-16(5)21(26)24-25-22(27)17-9-10-19-18(11-17)14(3)15(4)23-19/h6-11,16,23H,1-5H3,(H,24,26)(H,25,27). The lowest BCUT2D eigenvalue weighted by Crippen LogP contribution is -2.47. The fraction of sp³-hybridized carbons (Fsp3) is 0.273. The van der Waals surface area contributed by atoms with Crippen LogP contribution in [0.2, 0.25) is 0 Å². The van der Waals surface area contributed by atoms with Crippen LogP contribution in [0.3, 0.4) is 0 Å². The minimum absolute atomic E-state index is 0.382. The number of hydrogen-bond acceptors (Lipinski definition) is 3. The molecule has 1 unspecified atom stereocenters. The maximum absolute atomic E-state index is 12.4. The molecule has 1 aromatic heterocycles. The number of carbonyl (C=O) groups is 2. The van der Waals surface area contributed by atoms with Crippen molar-refractivity contribution in [2.24, 2.45) is 0 Å². The summed E-state index contributed by atoms with van der Waals surface area (Å²) in [6.07, 6.45) is -0.752. The summed E-state index contributed by atoms with van der Waals surface area (Å²) in [5, 5.41) is 0.989. The molecule has 1 heterocycles. The minimum Gasteiger partial charge on any atom is -0.481 e. The fourth-order valence-corrected chi connectivity index (χ4v) is 2.99. The zero-order chi connectivity index (χ0) is 20.4. The van der Waals surface area contributed by atoms with E-state index in [-0.39, 0.29) is 5.91 Å². The van der Waals surface area contributed by atoms with Crippen molar-refractivity contribution in [3.63, 3.8) is 0 Å². The largest absolute Gasteiger partial charge is 0.481 e. The number of fused-ring (bicyclic) bond motifs is 1. The number of aromatic amines is 1. The van der Waals surface area contributed by atoms with Crippen molar-refractivity contribution in [3.05, 3.63) is 64.3 Å². The molecule has 0 saturated heterocycles. The lowest BCUT2D eigenvalue weighted by atomic mass is 10.1. The molecule has 0 fully saturated rings. The van der Waals surface area contributed by atoms with Gasteiger partial charge >= 0.3 is 0 Å². The first-order chi connectivity index (χ1) is 13.3. The van der Waals surface area contributed by atoms with Gasteiger partial charge in [-0.05, 0) is 75.6 Å². The van der Waals surface area contributed by atoms with E-state index in [2.05, 4.69) is 15.8 Å². The Hall–Kier alpha value is -3.28. The van der Waals surface area contributed by atoms with E-state index in [1.165, 1.54) is 0 Å². The monoisotopic (exact) mass is 379 g/mol. The summed E-state index contributed by atoms with van der Waals surface area (Å²) in [6.45, 7) is 9.56. The van der Waals surface area contributed by atoms with Gasteiger partial charge in [0.1, 0.15) is 5.75 Å². The van der Waals surface area contributed by atoms with Crippen LogP contribution < -0.4 is 15.6 Å². The van der Waals surface area contributed by atoms with Crippen LogP contribution in [-0.2, 0) is 4.79 Å². The topological polar surface area (TPSA) is 83.2 Å². The summed E-state index contributed by atoms with van der Waals surface area (Å²) in [6, 6.07) is 11.1. The summed E-state index contributed by atoms with van der Waals surface area (Å²) in [4.78, 5) is 28.0. The zero-order valence-electron chi connectivity index (χ0n) is 16.8. The first-order valence-corrected chi connectivity index (χ1v) is 9.20. The van der Waals surface area contributed by atoms with Crippen molar-refractivity contribution in [1.29, 1.82) is 0 Å². The molecule has 0 bridgehead atoms. The SMILES string of the molecule is Cc1cccc(OC(C)C(=O)NNC(=O)c2ccc3[nH]c(C)c(C)c3c2)c1C. The third-order valence-electron chi connectivity index (χ3n) is 5.10. The molecular weight excluding hydrogens is 354 g/mol. The Balaban J connectivity index is 1.63. The summed E-state index contributed by atoms with van der Waals surface area (Å²) < 4.78 is 5.73. The van der Waals surface area contributed by atoms with E-state index < -0.39 is 12.0 Å². The highest BCUT2D eigenvalue weighted by atomic mass is 16.5. The highest BCUT2D eigenvalue weighted by Crippen LogP contribution is 2.23. The highest BCUT2D eigenvalue weighted by molar-refractivity contribution is 5.99. The molecule has 146 valence electrons. The molecule has 0 aliphatic carbocycles. The Morgan fingerprint density at radius 1 is 1.00 bits per heavy atom. The van der Waals surface area contributed by atoms with Crippen molar-refractivity contribution >= 4 is 22.7 Å². The highest BCUT2D eigenvalue weighted by Gasteiger charge is 2.17. The van der Waals surface area contributed by atoms with Crippen molar-refractivity contribution in [1.82, 2.24) is 15.8 Å². The van der Waals surface area contributed by atoms with Gasteiger partial charge in [-0.25, -0.2) is 0 Å². The quantitative estimate of drug-likeness (QED) is 0.605. The number of hydrogen-bond donors (Lipinski definition) is 3. The van der Waals surface area contributed by atoms with E-state index in [4.69, 9.17) is 4.74 Å². The molecule has 28 heavy (non-hydrogen) atoms. The van der Waals surface area contributed by atoms with E-state index in [1.807, 2.05) is 58.0 Å². The second-order valence-corrected chi connectivity index (χ2v) is 7.04. The van der Waals surface area contributed by atoms with Gasteiger partial charge in [0, 0.05) is 22.2 Å². The minimum atomic E-state index is -0.752. The number of amides is 2. The van der Waals surface area contributed by atoms with Crippen LogP contribution >= 0.6 is 0 Å². The van der Waals surface area contributed by atoms with E-state index in [0.29, 0.717) is 11.3 Å². The molecule has 0 saturated carbocycles. The predicted octanol–water partition coefficient (Wildman–Crippen LogP) is 3.63. The second kappa shape index (κ2) is 7.76. The molecule has 3 N–H and O–H groups in total. The molecule has 3 rings (SSSR count). The zero-order valence-corrected chi connectivity index (χ0v) is 16.8. The van der Waals surface area contributed by atoms with Crippen molar-refractivity contribution in [2.45, 2.75) is 40.7 Å². The maximum Gasteiger partial charge on any atom is 0.279 e.